The minimum atomic E-state index is -2.89. The number of anilines is 2. The number of rotatable bonds is 6. The van der Waals surface area contributed by atoms with Crippen molar-refractivity contribution < 1.29 is 17.9 Å². The smallest absolute Gasteiger partial charge is 0.266 e. The second-order valence-corrected chi connectivity index (χ2v) is 6.51. The Balaban J connectivity index is 1.67. The third-order valence-corrected chi connectivity index (χ3v) is 4.15. The predicted molar refractivity (Wildman–Crippen MR) is 89.3 cm³/mol. The van der Waals surface area contributed by atoms with Crippen molar-refractivity contribution in [3.63, 3.8) is 0 Å². The number of nitrogens with one attached hydrogen (secondary N) is 2. The van der Waals surface area contributed by atoms with Gasteiger partial charge in [-0.15, -0.1) is 0 Å². The van der Waals surface area contributed by atoms with Crippen molar-refractivity contribution in [2.24, 2.45) is 5.92 Å². The lowest BCUT2D eigenvalue weighted by atomic mass is 9.95. The van der Waals surface area contributed by atoms with E-state index in [1.807, 2.05) is 13.8 Å². The Morgan fingerprint density at radius 1 is 1.42 bits per heavy atom. The highest BCUT2D eigenvalue weighted by Crippen LogP contribution is 2.30. The SMILES string of the molecule is CC(C)n1cc(Nc2ncc(F)c(OCC3CCNCC3(F)F)n2)cn1. The van der Waals surface area contributed by atoms with Crippen LogP contribution in [0.5, 0.6) is 5.88 Å². The number of piperidine rings is 1. The van der Waals surface area contributed by atoms with Crippen LogP contribution in [0.15, 0.2) is 18.6 Å². The monoisotopic (exact) mass is 370 g/mol. The molecule has 0 amide bonds. The average Bonchev–Trinajstić information content (AvgIpc) is 3.05. The highest BCUT2D eigenvalue weighted by Gasteiger charge is 2.42. The van der Waals surface area contributed by atoms with Crippen molar-refractivity contribution in [3.8, 4) is 5.88 Å². The highest BCUT2D eigenvalue weighted by molar-refractivity contribution is 5.50. The lowest BCUT2D eigenvalue weighted by Crippen LogP contribution is -2.48. The standard InChI is InChI=1S/C16H21F3N6O/c1-10(2)25-7-12(5-22-25)23-15-21-6-13(17)14(24-15)26-8-11-3-4-20-9-16(11,18)19/h5-7,10-11,20H,3-4,8-9H2,1-2H3,(H,21,23,24). The molecule has 0 bridgehead atoms. The highest BCUT2D eigenvalue weighted by atomic mass is 19.3. The van der Waals surface area contributed by atoms with E-state index in [1.165, 1.54) is 0 Å². The fourth-order valence-corrected chi connectivity index (χ4v) is 2.60. The van der Waals surface area contributed by atoms with Crippen LogP contribution in [0, 0.1) is 11.7 Å². The number of ether oxygens (including phenoxy) is 1. The van der Waals surface area contributed by atoms with E-state index < -0.39 is 24.2 Å². The Kier molecular flexibility index (Phi) is 5.30. The second kappa shape index (κ2) is 7.48. The molecule has 2 aromatic heterocycles. The molecule has 1 unspecified atom stereocenters. The molecule has 3 heterocycles. The van der Waals surface area contributed by atoms with Crippen LogP contribution in [-0.4, -0.2) is 45.4 Å². The van der Waals surface area contributed by atoms with E-state index in [-0.39, 0.29) is 30.9 Å². The van der Waals surface area contributed by atoms with Gasteiger partial charge in [-0.05, 0) is 26.8 Å². The van der Waals surface area contributed by atoms with Crippen molar-refractivity contribution >= 4 is 11.6 Å². The van der Waals surface area contributed by atoms with E-state index in [4.69, 9.17) is 4.74 Å². The van der Waals surface area contributed by atoms with E-state index in [2.05, 4.69) is 25.7 Å². The average molecular weight is 370 g/mol. The molecule has 2 N–H and O–H groups in total. The Hall–Kier alpha value is -2.36. The minimum absolute atomic E-state index is 0.0989. The van der Waals surface area contributed by atoms with Gasteiger partial charge < -0.3 is 15.4 Å². The summed E-state index contributed by atoms with van der Waals surface area (Å²) in [6.45, 7) is 3.72. The lowest BCUT2D eigenvalue weighted by Gasteiger charge is -2.31. The molecule has 0 radical (unpaired) electrons. The van der Waals surface area contributed by atoms with E-state index in [0.29, 0.717) is 12.2 Å². The van der Waals surface area contributed by atoms with E-state index in [0.717, 1.165) is 6.20 Å². The van der Waals surface area contributed by atoms with Crippen molar-refractivity contribution in [3.05, 3.63) is 24.4 Å². The third kappa shape index (κ3) is 4.24. The van der Waals surface area contributed by atoms with Crippen molar-refractivity contribution in [1.29, 1.82) is 0 Å². The molecule has 26 heavy (non-hydrogen) atoms. The zero-order valence-corrected chi connectivity index (χ0v) is 14.5. The first-order valence-corrected chi connectivity index (χ1v) is 8.40. The molecule has 10 heteroatoms. The first-order valence-electron chi connectivity index (χ1n) is 8.40. The Morgan fingerprint density at radius 2 is 2.23 bits per heavy atom. The number of hydrogen-bond donors (Lipinski definition) is 2. The maximum absolute atomic E-state index is 13.9. The summed E-state index contributed by atoms with van der Waals surface area (Å²) in [5, 5.41) is 9.70. The van der Waals surface area contributed by atoms with Crippen LogP contribution in [0.4, 0.5) is 24.8 Å². The molecule has 0 spiro atoms. The maximum Gasteiger partial charge on any atom is 0.266 e. The van der Waals surface area contributed by atoms with Gasteiger partial charge in [0, 0.05) is 12.2 Å². The third-order valence-electron chi connectivity index (χ3n) is 4.15. The summed E-state index contributed by atoms with van der Waals surface area (Å²) >= 11 is 0. The molecule has 1 atom stereocenters. The summed E-state index contributed by atoms with van der Waals surface area (Å²) in [6, 6.07) is 0.185. The van der Waals surface area contributed by atoms with Gasteiger partial charge in [0.05, 0.1) is 37.2 Å². The Morgan fingerprint density at radius 3 is 2.92 bits per heavy atom. The van der Waals surface area contributed by atoms with Gasteiger partial charge in [-0.2, -0.15) is 14.5 Å². The summed E-state index contributed by atoms with van der Waals surface area (Å²) in [5.74, 6) is -4.94. The largest absolute Gasteiger partial charge is 0.475 e. The van der Waals surface area contributed by atoms with Crippen LogP contribution in [0.25, 0.3) is 0 Å². The molecule has 142 valence electrons. The fourth-order valence-electron chi connectivity index (χ4n) is 2.60. The number of halogens is 3. The van der Waals surface area contributed by atoms with Crippen molar-refractivity contribution in [1.82, 2.24) is 25.1 Å². The second-order valence-electron chi connectivity index (χ2n) is 6.51. The zero-order valence-electron chi connectivity index (χ0n) is 14.5. The van der Waals surface area contributed by atoms with E-state index in [1.54, 1.807) is 17.1 Å². The van der Waals surface area contributed by atoms with Gasteiger partial charge in [0.25, 0.3) is 11.8 Å². The molecule has 0 aliphatic carbocycles. The van der Waals surface area contributed by atoms with Crippen molar-refractivity contribution in [2.45, 2.75) is 32.2 Å². The topological polar surface area (TPSA) is 76.9 Å². The summed E-state index contributed by atoms with van der Waals surface area (Å²) in [4.78, 5) is 7.78. The number of aromatic nitrogens is 4. The van der Waals surface area contributed by atoms with Gasteiger partial charge >= 0.3 is 0 Å². The molecule has 2 aromatic rings. The molecular weight excluding hydrogens is 349 g/mol. The summed E-state index contributed by atoms with van der Waals surface area (Å²) in [5.41, 5.74) is 0.626. The van der Waals surface area contributed by atoms with Crippen LogP contribution in [0.3, 0.4) is 0 Å². The first kappa shape index (κ1) is 18.4. The van der Waals surface area contributed by atoms with Crippen LogP contribution in [0.1, 0.15) is 26.3 Å². The lowest BCUT2D eigenvalue weighted by molar-refractivity contribution is -0.0870. The molecular formula is C16H21F3N6O. The van der Waals surface area contributed by atoms with Gasteiger partial charge in [0.2, 0.25) is 11.8 Å². The number of alkyl halides is 2. The van der Waals surface area contributed by atoms with E-state index in [9.17, 15) is 13.2 Å². The van der Waals surface area contributed by atoms with Crippen LogP contribution < -0.4 is 15.4 Å². The Labute approximate surface area is 149 Å². The van der Waals surface area contributed by atoms with Crippen molar-refractivity contribution in [2.75, 3.05) is 25.0 Å². The number of hydrogen-bond acceptors (Lipinski definition) is 6. The van der Waals surface area contributed by atoms with Gasteiger partial charge in [0.15, 0.2) is 0 Å². The molecule has 1 aliphatic rings. The van der Waals surface area contributed by atoms with Crippen LogP contribution >= 0.6 is 0 Å². The fraction of sp³-hybridized carbons (Fsp3) is 0.562. The molecule has 0 saturated carbocycles. The van der Waals surface area contributed by atoms with Gasteiger partial charge in [0.1, 0.15) is 0 Å². The van der Waals surface area contributed by atoms with Gasteiger partial charge in [-0.1, -0.05) is 0 Å². The summed E-state index contributed by atoms with van der Waals surface area (Å²) in [7, 11) is 0. The zero-order chi connectivity index (χ0) is 18.7. The normalized spacial score (nSPS) is 19.5. The maximum atomic E-state index is 13.9. The molecule has 3 rings (SSSR count). The summed E-state index contributed by atoms with van der Waals surface area (Å²) < 4.78 is 48.5. The molecule has 7 nitrogen and oxygen atoms in total. The van der Waals surface area contributed by atoms with Crippen LogP contribution in [-0.2, 0) is 0 Å². The van der Waals surface area contributed by atoms with Gasteiger partial charge in [-0.3, -0.25) is 4.68 Å². The molecule has 1 aliphatic heterocycles. The molecule has 1 fully saturated rings. The minimum Gasteiger partial charge on any atom is -0.475 e. The first-order chi connectivity index (χ1) is 12.3. The summed E-state index contributed by atoms with van der Waals surface area (Å²) in [6.07, 6.45) is 4.54. The molecule has 0 aromatic carbocycles. The molecule has 1 saturated heterocycles. The van der Waals surface area contributed by atoms with Crippen LogP contribution in [0.2, 0.25) is 0 Å². The Bertz CT molecular complexity index is 751. The predicted octanol–water partition coefficient (Wildman–Crippen LogP) is 2.76. The van der Waals surface area contributed by atoms with Gasteiger partial charge in [-0.25, -0.2) is 13.8 Å². The number of nitrogens with zero attached hydrogens (tertiary/aromatic N) is 4. The van der Waals surface area contributed by atoms with E-state index >= 15 is 0 Å². The quantitative estimate of drug-likeness (QED) is 0.814.